The zero-order chi connectivity index (χ0) is 14.5. The summed E-state index contributed by atoms with van der Waals surface area (Å²) in [6, 6.07) is 3.36. The second-order valence-corrected chi connectivity index (χ2v) is 4.81. The van der Waals surface area contributed by atoms with Crippen LogP contribution in [-0.2, 0) is 9.53 Å². The number of hydrogen-bond acceptors (Lipinski definition) is 3. The molecule has 6 heteroatoms. The van der Waals surface area contributed by atoms with Crippen molar-refractivity contribution in [3.63, 3.8) is 0 Å². The molecule has 0 saturated carbocycles. The second kappa shape index (κ2) is 6.76. The number of hydrogen-bond donors (Lipinski definition) is 2. The number of rotatable bonds is 4. The lowest BCUT2D eigenvalue weighted by molar-refractivity contribution is -0.129. The Labute approximate surface area is 115 Å². The van der Waals surface area contributed by atoms with Crippen molar-refractivity contribution < 1.29 is 23.4 Å². The van der Waals surface area contributed by atoms with Gasteiger partial charge in [-0.3, -0.25) is 4.79 Å². The van der Waals surface area contributed by atoms with E-state index < -0.39 is 23.3 Å². The van der Waals surface area contributed by atoms with E-state index in [9.17, 15) is 18.7 Å². The number of nitrogens with one attached hydrogen (secondary N) is 1. The normalized spacial score (nSPS) is 20.4. The highest BCUT2D eigenvalue weighted by molar-refractivity contribution is 5.78. The molecule has 2 rings (SSSR count). The number of ether oxygens (including phenoxy) is 1. The number of amides is 1. The summed E-state index contributed by atoms with van der Waals surface area (Å²) in [5.74, 6) is -2.18. The van der Waals surface area contributed by atoms with Gasteiger partial charge >= 0.3 is 0 Å². The van der Waals surface area contributed by atoms with Crippen molar-refractivity contribution in [1.29, 1.82) is 0 Å². The standard InChI is InChI=1S/C14H17F2NO3/c15-10-4-1-5-11(16)13(10)12(18)7-17-14(19)9-3-2-6-20-8-9/h1,4-5,9,12,18H,2-3,6-8H2,(H,17,19)/t9-,12+/m0/s1. The molecule has 1 saturated heterocycles. The summed E-state index contributed by atoms with van der Waals surface area (Å²) < 4.78 is 32.1. The van der Waals surface area contributed by atoms with Gasteiger partial charge < -0.3 is 15.2 Å². The Bertz CT molecular complexity index is 455. The quantitative estimate of drug-likeness (QED) is 0.882. The molecule has 1 amide bonds. The van der Waals surface area contributed by atoms with Crippen LogP contribution in [0.25, 0.3) is 0 Å². The minimum atomic E-state index is -1.41. The third-order valence-electron chi connectivity index (χ3n) is 3.33. The summed E-state index contributed by atoms with van der Waals surface area (Å²) in [4.78, 5) is 11.8. The van der Waals surface area contributed by atoms with Crippen molar-refractivity contribution in [3.05, 3.63) is 35.4 Å². The van der Waals surface area contributed by atoms with Crippen LogP contribution in [0.15, 0.2) is 18.2 Å². The Balaban J connectivity index is 1.91. The van der Waals surface area contributed by atoms with Crippen LogP contribution in [0.4, 0.5) is 8.78 Å². The van der Waals surface area contributed by atoms with E-state index in [1.165, 1.54) is 6.07 Å². The average molecular weight is 285 g/mol. The molecule has 1 aliphatic rings. The zero-order valence-electron chi connectivity index (χ0n) is 10.9. The second-order valence-electron chi connectivity index (χ2n) is 4.81. The maximum Gasteiger partial charge on any atom is 0.225 e. The zero-order valence-corrected chi connectivity index (χ0v) is 10.9. The Morgan fingerprint density at radius 1 is 1.45 bits per heavy atom. The molecule has 0 radical (unpaired) electrons. The van der Waals surface area contributed by atoms with Gasteiger partial charge in [0.05, 0.1) is 18.1 Å². The van der Waals surface area contributed by atoms with E-state index >= 15 is 0 Å². The molecule has 0 aliphatic carbocycles. The molecule has 2 N–H and O–H groups in total. The summed E-state index contributed by atoms with van der Waals surface area (Å²) in [6.07, 6.45) is 0.114. The number of carbonyl (C=O) groups excluding carboxylic acids is 1. The lowest BCUT2D eigenvalue weighted by atomic mass is 10.0. The number of halogens is 2. The molecule has 0 aromatic heterocycles. The summed E-state index contributed by atoms with van der Waals surface area (Å²) in [7, 11) is 0. The number of aliphatic hydroxyl groups is 1. The largest absolute Gasteiger partial charge is 0.386 e. The molecule has 110 valence electrons. The minimum Gasteiger partial charge on any atom is -0.386 e. The van der Waals surface area contributed by atoms with Gasteiger partial charge in [-0.25, -0.2) is 8.78 Å². The van der Waals surface area contributed by atoms with Crippen molar-refractivity contribution in [2.45, 2.75) is 18.9 Å². The van der Waals surface area contributed by atoms with Gasteiger partial charge in [0.2, 0.25) is 5.91 Å². The minimum absolute atomic E-state index is 0.229. The molecule has 1 aromatic carbocycles. The molecule has 0 bridgehead atoms. The molecular weight excluding hydrogens is 268 g/mol. The van der Waals surface area contributed by atoms with E-state index in [1.54, 1.807) is 0 Å². The highest BCUT2D eigenvalue weighted by atomic mass is 19.1. The van der Waals surface area contributed by atoms with Crippen molar-refractivity contribution in [1.82, 2.24) is 5.32 Å². The fraction of sp³-hybridized carbons (Fsp3) is 0.500. The van der Waals surface area contributed by atoms with Gasteiger partial charge in [-0.2, -0.15) is 0 Å². The average Bonchev–Trinajstić information content (AvgIpc) is 2.45. The van der Waals surface area contributed by atoms with Gasteiger partial charge in [-0.05, 0) is 25.0 Å². The van der Waals surface area contributed by atoms with Gasteiger partial charge in [0.15, 0.2) is 0 Å². The van der Waals surface area contributed by atoms with E-state index in [0.29, 0.717) is 13.2 Å². The van der Waals surface area contributed by atoms with Gasteiger partial charge in [0, 0.05) is 13.2 Å². The van der Waals surface area contributed by atoms with E-state index in [4.69, 9.17) is 4.74 Å². The molecule has 1 heterocycles. The van der Waals surface area contributed by atoms with Gasteiger partial charge in [-0.1, -0.05) is 6.07 Å². The highest BCUT2D eigenvalue weighted by Crippen LogP contribution is 2.20. The first kappa shape index (κ1) is 14.9. The van der Waals surface area contributed by atoms with Crippen LogP contribution in [0, 0.1) is 17.6 Å². The molecule has 0 spiro atoms. The number of benzene rings is 1. The Morgan fingerprint density at radius 3 is 2.75 bits per heavy atom. The third-order valence-corrected chi connectivity index (χ3v) is 3.33. The van der Waals surface area contributed by atoms with Crippen molar-refractivity contribution in [2.75, 3.05) is 19.8 Å². The van der Waals surface area contributed by atoms with Gasteiger partial charge in [0.1, 0.15) is 17.7 Å². The van der Waals surface area contributed by atoms with Crippen molar-refractivity contribution in [3.8, 4) is 0 Å². The van der Waals surface area contributed by atoms with Crippen LogP contribution < -0.4 is 5.32 Å². The number of aliphatic hydroxyl groups excluding tert-OH is 1. The van der Waals surface area contributed by atoms with Crippen LogP contribution in [0.1, 0.15) is 24.5 Å². The maximum absolute atomic E-state index is 13.4. The first-order chi connectivity index (χ1) is 9.59. The topological polar surface area (TPSA) is 58.6 Å². The van der Waals surface area contributed by atoms with Gasteiger partial charge in [-0.15, -0.1) is 0 Å². The predicted octanol–water partition coefficient (Wildman–Crippen LogP) is 1.54. The Morgan fingerprint density at radius 2 is 2.15 bits per heavy atom. The highest BCUT2D eigenvalue weighted by Gasteiger charge is 2.23. The molecule has 2 atom stereocenters. The summed E-state index contributed by atoms with van der Waals surface area (Å²) in [5, 5.41) is 12.3. The molecule has 1 aromatic rings. The van der Waals surface area contributed by atoms with E-state index in [-0.39, 0.29) is 18.4 Å². The molecule has 20 heavy (non-hydrogen) atoms. The van der Waals surface area contributed by atoms with Crippen LogP contribution in [0.5, 0.6) is 0 Å². The van der Waals surface area contributed by atoms with Crippen LogP contribution in [0.2, 0.25) is 0 Å². The Hall–Kier alpha value is -1.53. The smallest absolute Gasteiger partial charge is 0.225 e. The molecule has 4 nitrogen and oxygen atoms in total. The first-order valence-electron chi connectivity index (χ1n) is 6.57. The van der Waals surface area contributed by atoms with Crippen LogP contribution in [-0.4, -0.2) is 30.8 Å². The molecule has 1 fully saturated rings. The summed E-state index contributed by atoms with van der Waals surface area (Å²) in [5.41, 5.74) is -0.423. The van der Waals surface area contributed by atoms with E-state index in [1.807, 2.05) is 0 Å². The fourth-order valence-corrected chi connectivity index (χ4v) is 2.22. The van der Waals surface area contributed by atoms with Crippen molar-refractivity contribution in [2.24, 2.45) is 5.92 Å². The molecule has 0 unspecified atom stereocenters. The lowest BCUT2D eigenvalue weighted by Gasteiger charge is -2.22. The molecular formula is C14H17F2NO3. The predicted molar refractivity (Wildman–Crippen MR) is 67.9 cm³/mol. The number of carbonyl (C=O) groups is 1. The third kappa shape index (κ3) is 3.52. The first-order valence-corrected chi connectivity index (χ1v) is 6.57. The van der Waals surface area contributed by atoms with Gasteiger partial charge in [0.25, 0.3) is 0 Å². The fourth-order valence-electron chi connectivity index (χ4n) is 2.22. The van der Waals surface area contributed by atoms with E-state index in [2.05, 4.69) is 5.32 Å². The summed E-state index contributed by atoms with van der Waals surface area (Å²) in [6.45, 7) is 0.760. The SMILES string of the molecule is O=C(NC[C@@H](O)c1c(F)cccc1F)[C@H]1CCCOC1. The Kier molecular flexibility index (Phi) is 5.03. The van der Waals surface area contributed by atoms with Crippen LogP contribution in [0.3, 0.4) is 0 Å². The lowest BCUT2D eigenvalue weighted by Crippen LogP contribution is -2.37. The monoisotopic (exact) mass is 285 g/mol. The van der Waals surface area contributed by atoms with Crippen molar-refractivity contribution >= 4 is 5.91 Å². The van der Waals surface area contributed by atoms with Crippen LogP contribution >= 0.6 is 0 Å². The maximum atomic E-state index is 13.4. The van der Waals surface area contributed by atoms with E-state index in [0.717, 1.165) is 25.0 Å². The summed E-state index contributed by atoms with van der Waals surface area (Å²) >= 11 is 0. The molecule has 1 aliphatic heterocycles.